The third-order valence-electron chi connectivity index (χ3n) is 5.79. The number of furan rings is 1. The summed E-state index contributed by atoms with van der Waals surface area (Å²) in [5.74, 6) is 2.68. The highest BCUT2D eigenvalue weighted by Crippen LogP contribution is 2.24. The number of likely N-dealkylation sites (N-methyl/N-ethyl adjacent to an activating group) is 1. The topological polar surface area (TPSA) is 77.4 Å². The largest absolute Gasteiger partial charge is 0.465 e. The van der Waals surface area contributed by atoms with Gasteiger partial charge in [-0.25, -0.2) is 4.98 Å². The number of hydrogen-bond acceptors (Lipinski definition) is 5. The predicted molar refractivity (Wildman–Crippen MR) is 117 cm³/mol. The van der Waals surface area contributed by atoms with Crippen LogP contribution in [0.2, 0.25) is 0 Å². The van der Waals surface area contributed by atoms with E-state index in [9.17, 15) is 4.79 Å². The summed E-state index contributed by atoms with van der Waals surface area (Å²) in [6.07, 6.45) is 4.82. The highest BCUT2D eigenvalue weighted by atomic mass is 35.5. The van der Waals surface area contributed by atoms with Crippen molar-refractivity contribution in [3.8, 4) is 0 Å². The first-order valence-electron chi connectivity index (χ1n) is 9.88. The highest BCUT2D eigenvalue weighted by molar-refractivity contribution is 5.85. The molecule has 7 nitrogen and oxygen atoms in total. The van der Waals surface area contributed by atoms with E-state index < -0.39 is 0 Å². The lowest BCUT2D eigenvalue weighted by atomic mass is 9.95. The summed E-state index contributed by atoms with van der Waals surface area (Å²) < 4.78 is 5.69. The highest BCUT2D eigenvalue weighted by Gasteiger charge is 2.31. The SMILES string of the molecule is Cc1ccc(CN2CCC(CN(C)C(=O)C3NCCc4[nH]cnc43)CC2)o1.Cl.Cl. The van der Waals surface area contributed by atoms with Gasteiger partial charge in [0.25, 0.3) is 0 Å². The number of carbonyl (C=O) groups is 1. The van der Waals surface area contributed by atoms with Crippen LogP contribution in [0.1, 0.15) is 41.8 Å². The van der Waals surface area contributed by atoms with Crippen molar-refractivity contribution in [2.75, 3.05) is 33.2 Å². The summed E-state index contributed by atoms with van der Waals surface area (Å²) in [4.78, 5) is 24.8. The first-order valence-corrected chi connectivity index (χ1v) is 9.88. The Labute approximate surface area is 184 Å². The van der Waals surface area contributed by atoms with Gasteiger partial charge >= 0.3 is 0 Å². The number of nitrogens with zero attached hydrogens (tertiary/aromatic N) is 3. The number of imidazole rings is 1. The number of aromatic amines is 1. The maximum absolute atomic E-state index is 12.9. The summed E-state index contributed by atoms with van der Waals surface area (Å²) in [7, 11) is 1.92. The van der Waals surface area contributed by atoms with Crippen LogP contribution >= 0.6 is 24.8 Å². The van der Waals surface area contributed by atoms with Gasteiger partial charge in [-0.2, -0.15) is 0 Å². The van der Waals surface area contributed by atoms with Crippen LogP contribution in [0.15, 0.2) is 22.9 Å². The van der Waals surface area contributed by atoms with Gasteiger partial charge in [-0.3, -0.25) is 9.69 Å². The monoisotopic (exact) mass is 443 g/mol. The Hall–Kier alpha value is -1.54. The quantitative estimate of drug-likeness (QED) is 0.742. The van der Waals surface area contributed by atoms with Crippen molar-refractivity contribution >= 4 is 30.7 Å². The van der Waals surface area contributed by atoms with Gasteiger partial charge in [0, 0.05) is 32.3 Å². The second-order valence-corrected chi connectivity index (χ2v) is 7.85. The Balaban J connectivity index is 0.00000150. The number of fused-ring (bicyclic) bond motifs is 1. The van der Waals surface area contributed by atoms with Gasteiger partial charge in [-0.15, -0.1) is 24.8 Å². The number of likely N-dealkylation sites (tertiary alicyclic amines) is 1. The summed E-state index contributed by atoms with van der Waals surface area (Å²) in [5, 5.41) is 3.32. The van der Waals surface area contributed by atoms with E-state index in [4.69, 9.17) is 4.42 Å². The van der Waals surface area contributed by atoms with Gasteiger partial charge in [-0.05, 0) is 50.9 Å². The van der Waals surface area contributed by atoms with Crippen molar-refractivity contribution in [2.24, 2.45) is 5.92 Å². The number of H-pyrrole nitrogens is 1. The van der Waals surface area contributed by atoms with Crippen LogP contribution in [-0.2, 0) is 17.8 Å². The minimum absolute atomic E-state index is 0. The molecule has 2 aromatic rings. The zero-order chi connectivity index (χ0) is 18.8. The molecule has 1 amide bonds. The zero-order valence-electron chi connectivity index (χ0n) is 17.0. The fraction of sp³-hybridized carbons (Fsp3) is 0.600. The number of halogens is 2. The van der Waals surface area contributed by atoms with Crippen molar-refractivity contribution in [1.29, 1.82) is 0 Å². The Bertz CT molecular complexity index is 785. The molecular formula is C20H31Cl2N5O2. The second-order valence-electron chi connectivity index (χ2n) is 7.85. The molecule has 1 atom stereocenters. The average Bonchev–Trinajstić information content (AvgIpc) is 3.31. The predicted octanol–water partition coefficient (Wildman–Crippen LogP) is 2.71. The summed E-state index contributed by atoms with van der Waals surface area (Å²) in [6, 6.07) is 3.77. The van der Waals surface area contributed by atoms with E-state index in [0.29, 0.717) is 5.92 Å². The van der Waals surface area contributed by atoms with E-state index >= 15 is 0 Å². The molecule has 0 bridgehead atoms. The van der Waals surface area contributed by atoms with E-state index in [2.05, 4.69) is 26.3 Å². The maximum atomic E-state index is 12.9. The molecule has 2 aromatic heterocycles. The first kappa shape index (κ1) is 23.7. The minimum atomic E-state index is -0.313. The Morgan fingerprint density at radius 3 is 2.76 bits per heavy atom. The van der Waals surface area contributed by atoms with Gasteiger partial charge in [0.2, 0.25) is 5.91 Å². The molecule has 2 N–H and O–H groups in total. The van der Waals surface area contributed by atoms with Crippen LogP contribution in [0.25, 0.3) is 0 Å². The van der Waals surface area contributed by atoms with Gasteiger partial charge < -0.3 is 19.6 Å². The number of amides is 1. The first-order chi connectivity index (χ1) is 13.1. The van der Waals surface area contributed by atoms with Crippen LogP contribution < -0.4 is 5.32 Å². The maximum Gasteiger partial charge on any atom is 0.245 e. The molecule has 1 saturated heterocycles. The number of aromatic nitrogens is 2. The van der Waals surface area contributed by atoms with E-state index in [0.717, 1.165) is 74.9 Å². The normalized spacial score (nSPS) is 19.7. The molecule has 0 aromatic carbocycles. The van der Waals surface area contributed by atoms with Gasteiger partial charge in [0.1, 0.15) is 17.6 Å². The summed E-state index contributed by atoms with van der Waals surface area (Å²) >= 11 is 0. The van der Waals surface area contributed by atoms with Crippen molar-refractivity contribution < 1.29 is 9.21 Å². The van der Waals surface area contributed by atoms with E-state index in [1.54, 1.807) is 6.33 Å². The van der Waals surface area contributed by atoms with Gasteiger partial charge in [0.15, 0.2) is 0 Å². The molecule has 0 spiro atoms. The summed E-state index contributed by atoms with van der Waals surface area (Å²) in [5.41, 5.74) is 1.95. The Kier molecular flexibility index (Phi) is 8.58. The fourth-order valence-corrected chi connectivity index (χ4v) is 4.24. The van der Waals surface area contributed by atoms with Crippen LogP contribution in [0.4, 0.5) is 0 Å². The third kappa shape index (κ3) is 5.54. The molecule has 2 aliphatic heterocycles. The number of piperidine rings is 1. The van der Waals surface area contributed by atoms with Crippen molar-refractivity contribution in [2.45, 2.75) is 38.8 Å². The fourth-order valence-electron chi connectivity index (χ4n) is 4.24. The third-order valence-corrected chi connectivity index (χ3v) is 5.79. The standard InChI is InChI=1S/C20H29N5O2.2ClH/c1-14-3-4-16(27-14)12-25-9-6-15(7-10-25)11-24(2)20(26)19-18-17(5-8-21-19)22-13-23-18;;/h3-4,13,15,19,21H,5-12H2,1-2H3,(H,22,23);2*1H. The number of carbonyl (C=O) groups excluding carboxylic acids is 1. The van der Waals surface area contributed by atoms with E-state index in [-0.39, 0.29) is 36.8 Å². The van der Waals surface area contributed by atoms with Crippen LogP contribution in [-0.4, -0.2) is 58.9 Å². The summed E-state index contributed by atoms with van der Waals surface area (Å²) in [6.45, 7) is 6.59. The lowest BCUT2D eigenvalue weighted by Crippen LogP contribution is -2.45. The lowest BCUT2D eigenvalue weighted by molar-refractivity contribution is -0.133. The second kappa shape index (κ2) is 10.5. The molecule has 1 fully saturated rings. The Morgan fingerprint density at radius 2 is 2.07 bits per heavy atom. The lowest BCUT2D eigenvalue weighted by Gasteiger charge is -2.34. The number of aryl methyl sites for hydroxylation is 1. The number of nitrogens with one attached hydrogen (secondary N) is 2. The van der Waals surface area contributed by atoms with Crippen molar-refractivity contribution in [3.63, 3.8) is 0 Å². The van der Waals surface area contributed by atoms with Gasteiger partial charge in [0.05, 0.1) is 18.6 Å². The van der Waals surface area contributed by atoms with Crippen LogP contribution in [0, 0.1) is 12.8 Å². The van der Waals surface area contributed by atoms with Crippen LogP contribution in [0.5, 0.6) is 0 Å². The molecule has 0 saturated carbocycles. The minimum Gasteiger partial charge on any atom is -0.465 e. The van der Waals surface area contributed by atoms with Crippen molar-refractivity contribution in [1.82, 2.24) is 25.1 Å². The number of hydrogen-bond donors (Lipinski definition) is 2. The molecule has 0 aliphatic carbocycles. The molecule has 9 heteroatoms. The average molecular weight is 444 g/mol. The van der Waals surface area contributed by atoms with E-state index in [1.807, 2.05) is 24.9 Å². The molecule has 4 heterocycles. The Morgan fingerprint density at radius 1 is 1.31 bits per heavy atom. The van der Waals surface area contributed by atoms with E-state index in [1.165, 1.54) is 0 Å². The number of rotatable bonds is 5. The van der Waals surface area contributed by atoms with Crippen LogP contribution in [0.3, 0.4) is 0 Å². The molecule has 2 aliphatic rings. The van der Waals surface area contributed by atoms with Gasteiger partial charge in [-0.1, -0.05) is 0 Å². The molecule has 29 heavy (non-hydrogen) atoms. The smallest absolute Gasteiger partial charge is 0.245 e. The molecule has 1 unspecified atom stereocenters. The molecule has 162 valence electrons. The molecular weight excluding hydrogens is 413 g/mol. The zero-order valence-corrected chi connectivity index (χ0v) is 18.7. The molecule has 0 radical (unpaired) electrons. The molecule has 4 rings (SSSR count). The van der Waals surface area contributed by atoms with Crippen molar-refractivity contribution in [3.05, 3.63) is 41.4 Å².